The standard InChI is InChI=1S/C19H20FN3OS2.C18H19N3OS2.C16H15N3OS2.C2H6/c1-10(2)23-8-12(20)16-15(9-23)26-18(21-11(3)24)17(16)19-22-13-6-4-5-7-14(13)25-19;1-9-8-12-15(18-21-13-6-4-5-7-14(13)23-18)17(20-11(3)22)24-16(12)10(2)19-9;1-9(20)18-15-14(10-6-7-17-8-13(10)22-15)16-19-11-4-2-3-5-12(11)21-16;1-2/h4-7,10,12H,8-9H2,1-3H3,(H,21,24);4-7,9-10,19H,8H2,1-3H3,(H,20,22);2-5,17H,6-8H2,1H3,(H,18,20);1-2H3. The number of para-hydroxylation sites is 3. The highest BCUT2D eigenvalue weighted by atomic mass is 32.1. The smallest absolute Gasteiger partial charge is 0.221 e. The van der Waals surface area contributed by atoms with Crippen LogP contribution >= 0.6 is 68.0 Å². The average Bonchev–Trinajstić information content (AvgIpc) is 4.23. The third-order valence-electron chi connectivity index (χ3n) is 12.6. The van der Waals surface area contributed by atoms with Gasteiger partial charge in [-0.15, -0.1) is 68.0 Å². The number of nitrogens with zero attached hydrogens (tertiary/aromatic N) is 4. The summed E-state index contributed by atoms with van der Waals surface area (Å²) in [5, 5.41) is 21.2. The number of rotatable bonds is 7. The summed E-state index contributed by atoms with van der Waals surface area (Å²) in [5.74, 6) is -0.222. The van der Waals surface area contributed by atoms with Gasteiger partial charge in [-0.2, -0.15) is 0 Å². The van der Waals surface area contributed by atoms with E-state index in [0.29, 0.717) is 35.7 Å². The van der Waals surface area contributed by atoms with Gasteiger partial charge in [-0.25, -0.2) is 19.3 Å². The molecule has 0 spiro atoms. The Morgan fingerprint density at radius 2 is 1.11 bits per heavy atom. The van der Waals surface area contributed by atoms with E-state index in [4.69, 9.17) is 15.0 Å². The summed E-state index contributed by atoms with van der Waals surface area (Å²) in [7, 11) is 0. The van der Waals surface area contributed by atoms with Crippen molar-refractivity contribution in [2.75, 3.05) is 29.0 Å². The maximum absolute atomic E-state index is 15.2. The summed E-state index contributed by atoms with van der Waals surface area (Å²) < 4.78 is 18.6. The van der Waals surface area contributed by atoms with Crippen molar-refractivity contribution in [2.45, 2.75) is 113 Å². The number of hydrogen-bond acceptors (Lipinski definition) is 15. The summed E-state index contributed by atoms with van der Waals surface area (Å²) in [5.41, 5.74) is 9.31. The first-order valence-electron chi connectivity index (χ1n) is 24.9. The molecule has 3 aromatic carbocycles. The molecule has 6 aromatic heterocycles. The molecule has 74 heavy (non-hydrogen) atoms. The average molecular weight is 1110 g/mol. The number of nitrogens with one attached hydrogen (secondary N) is 5. The summed E-state index contributed by atoms with van der Waals surface area (Å²) in [6.45, 7) is 20.1. The molecule has 3 unspecified atom stereocenters. The molecule has 0 aliphatic carbocycles. The minimum atomic E-state index is -1.08. The number of alkyl halides is 1. The predicted octanol–water partition coefficient (Wildman–Crippen LogP) is 14.5. The van der Waals surface area contributed by atoms with Gasteiger partial charge < -0.3 is 26.6 Å². The molecule has 3 aliphatic rings. The van der Waals surface area contributed by atoms with E-state index in [0.717, 1.165) is 93.8 Å². The summed E-state index contributed by atoms with van der Waals surface area (Å²) in [6.07, 6.45) is 0.861. The van der Waals surface area contributed by atoms with Crippen LogP contribution in [0, 0.1) is 0 Å². The lowest BCUT2D eigenvalue weighted by Crippen LogP contribution is -2.36. The maximum atomic E-state index is 15.2. The third kappa shape index (κ3) is 11.4. The van der Waals surface area contributed by atoms with E-state index in [1.807, 2.05) is 74.5 Å². The fourth-order valence-electron chi connectivity index (χ4n) is 9.46. The van der Waals surface area contributed by atoms with Gasteiger partial charge in [0.25, 0.3) is 0 Å². The van der Waals surface area contributed by atoms with Crippen molar-refractivity contribution in [3.05, 3.63) is 104 Å². The van der Waals surface area contributed by atoms with Crippen LogP contribution in [0.5, 0.6) is 0 Å². The molecule has 3 aliphatic heterocycles. The van der Waals surface area contributed by atoms with Crippen LogP contribution in [0.15, 0.2) is 72.8 Å². The molecule has 0 fully saturated rings. The molecule has 0 bridgehead atoms. The Bertz CT molecular complexity index is 3400. The highest BCUT2D eigenvalue weighted by Gasteiger charge is 2.35. The SMILES string of the molecule is CC.CC(=O)Nc1sc2c(c1-c1nc3ccccc3s1)C(F)CN(C(C)C)C2.CC(=O)Nc1sc2c(c1-c1nc3ccccc3s1)CC(C)NC2C.CC(=O)Nc1sc2c(c1-c1nc3ccccc3s1)CCNC2. The zero-order valence-corrected chi connectivity index (χ0v) is 47.7. The second kappa shape index (κ2) is 23.3. The fraction of sp³-hybridized carbons (Fsp3) is 0.345. The van der Waals surface area contributed by atoms with E-state index in [1.165, 1.54) is 48.5 Å². The molecule has 5 N–H and O–H groups in total. The molecule has 3 atom stereocenters. The molecule has 12 rings (SSSR count). The van der Waals surface area contributed by atoms with E-state index in [-0.39, 0.29) is 23.8 Å². The molecular formula is C55H60FN9O3S6. The van der Waals surface area contributed by atoms with Gasteiger partial charge in [-0.1, -0.05) is 50.2 Å². The van der Waals surface area contributed by atoms with Crippen LogP contribution < -0.4 is 26.6 Å². The Balaban J connectivity index is 0.000000134. The number of carbonyl (C=O) groups is 3. The lowest BCUT2D eigenvalue weighted by molar-refractivity contribution is -0.115. The summed E-state index contributed by atoms with van der Waals surface area (Å²) >= 11 is 9.75. The zero-order valence-electron chi connectivity index (χ0n) is 42.8. The first-order valence-corrected chi connectivity index (χ1v) is 29.8. The maximum Gasteiger partial charge on any atom is 0.221 e. The van der Waals surface area contributed by atoms with Gasteiger partial charge in [0.05, 0.1) is 36.2 Å². The first kappa shape index (κ1) is 53.5. The Morgan fingerprint density at radius 1 is 0.649 bits per heavy atom. The Hall–Kier alpha value is -5.35. The second-order valence-electron chi connectivity index (χ2n) is 18.4. The summed E-state index contributed by atoms with van der Waals surface area (Å²) in [6, 6.07) is 25.2. The number of thiazole rings is 3. The predicted molar refractivity (Wildman–Crippen MR) is 313 cm³/mol. The van der Waals surface area contributed by atoms with E-state index in [1.54, 1.807) is 70.5 Å². The Kier molecular flexibility index (Phi) is 16.8. The van der Waals surface area contributed by atoms with Crippen molar-refractivity contribution >= 4 is 131 Å². The van der Waals surface area contributed by atoms with Gasteiger partial charge in [0, 0.05) is 89.9 Å². The molecule has 0 saturated carbocycles. The molecule has 3 amide bonds. The topological polar surface area (TPSA) is 153 Å². The molecule has 9 heterocycles. The lowest BCUT2D eigenvalue weighted by Gasteiger charge is -2.32. The van der Waals surface area contributed by atoms with Crippen molar-refractivity contribution in [1.29, 1.82) is 0 Å². The Labute approximate surface area is 454 Å². The number of hydrogen-bond donors (Lipinski definition) is 5. The molecule has 9 aromatic rings. The first-order chi connectivity index (χ1) is 35.7. The molecular weight excluding hydrogens is 1050 g/mol. The number of halogens is 1. The van der Waals surface area contributed by atoms with Crippen LogP contribution in [0.4, 0.5) is 19.4 Å². The highest BCUT2D eigenvalue weighted by Crippen LogP contribution is 2.51. The Morgan fingerprint density at radius 3 is 1.61 bits per heavy atom. The van der Waals surface area contributed by atoms with Crippen LogP contribution in [-0.2, 0) is 40.3 Å². The fourth-order valence-corrected chi connectivity index (χ4v) is 16.7. The van der Waals surface area contributed by atoms with Gasteiger partial charge in [0.2, 0.25) is 17.7 Å². The van der Waals surface area contributed by atoms with Gasteiger partial charge in [-0.05, 0) is 94.6 Å². The third-order valence-corrected chi connectivity index (χ3v) is 19.3. The molecule has 0 saturated heterocycles. The van der Waals surface area contributed by atoms with Crippen molar-refractivity contribution in [2.24, 2.45) is 0 Å². The van der Waals surface area contributed by atoms with Crippen molar-refractivity contribution in [3.8, 4) is 31.7 Å². The zero-order chi connectivity index (χ0) is 52.4. The van der Waals surface area contributed by atoms with Crippen molar-refractivity contribution in [3.63, 3.8) is 0 Å². The van der Waals surface area contributed by atoms with Crippen LogP contribution in [0.25, 0.3) is 62.4 Å². The number of amides is 3. The minimum absolute atomic E-state index is 0.0334. The molecule has 19 heteroatoms. The van der Waals surface area contributed by atoms with Gasteiger partial charge >= 0.3 is 0 Å². The normalized spacial score (nSPS) is 17.0. The summed E-state index contributed by atoms with van der Waals surface area (Å²) in [4.78, 5) is 55.0. The second-order valence-corrected chi connectivity index (χ2v) is 24.8. The monoisotopic (exact) mass is 1110 g/mol. The molecule has 386 valence electrons. The van der Waals surface area contributed by atoms with E-state index < -0.39 is 6.17 Å². The molecule has 12 nitrogen and oxygen atoms in total. The largest absolute Gasteiger partial charge is 0.317 e. The number of thiophene rings is 3. The van der Waals surface area contributed by atoms with Crippen LogP contribution in [0.2, 0.25) is 0 Å². The highest BCUT2D eigenvalue weighted by molar-refractivity contribution is 7.24. The number of anilines is 3. The van der Waals surface area contributed by atoms with Gasteiger partial charge in [-0.3, -0.25) is 19.3 Å². The van der Waals surface area contributed by atoms with Crippen molar-refractivity contribution < 1.29 is 18.8 Å². The van der Waals surface area contributed by atoms with E-state index >= 15 is 4.39 Å². The van der Waals surface area contributed by atoms with Crippen LogP contribution in [-0.4, -0.2) is 62.7 Å². The van der Waals surface area contributed by atoms with E-state index in [2.05, 4.69) is 71.3 Å². The van der Waals surface area contributed by atoms with Gasteiger partial charge in [0.15, 0.2) is 0 Å². The lowest BCUT2D eigenvalue weighted by atomic mass is 9.95. The quantitative estimate of drug-likeness (QED) is 0.105. The van der Waals surface area contributed by atoms with Crippen molar-refractivity contribution in [1.82, 2.24) is 30.5 Å². The molecule has 0 radical (unpaired) electrons. The van der Waals surface area contributed by atoms with Crippen LogP contribution in [0.1, 0.15) is 106 Å². The number of carbonyl (C=O) groups excluding carboxylic acids is 3. The number of benzene rings is 3. The number of aromatic nitrogens is 3. The number of fused-ring (bicyclic) bond motifs is 6. The minimum Gasteiger partial charge on any atom is -0.317 e. The van der Waals surface area contributed by atoms with Gasteiger partial charge in [0.1, 0.15) is 36.2 Å². The van der Waals surface area contributed by atoms with Crippen LogP contribution in [0.3, 0.4) is 0 Å². The van der Waals surface area contributed by atoms with E-state index in [9.17, 15) is 14.4 Å².